The van der Waals surface area contributed by atoms with Gasteiger partial charge in [-0.05, 0) is 31.3 Å². The van der Waals surface area contributed by atoms with E-state index < -0.39 is 0 Å². The summed E-state index contributed by atoms with van der Waals surface area (Å²) in [6.07, 6.45) is 3.87. The van der Waals surface area contributed by atoms with Crippen LogP contribution in [0, 0.1) is 0 Å². The first kappa shape index (κ1) is 21.7. The number of nitrogens with zero attached hydrogens (tertiary/aromatic N) is 7. The number of hydrogen-bond acceptors (Lipinski definition) is 8. The van der Waals surface area contributed by atoms with Crippen molar-refractivity contribution in [1.29, 1.82) is 0 Å². The lowest BCUT2D eigenvalue weighted by atomic mass is 9.87. The highest BCUT2D eigenvalue weighted by Crippen LogP contribution is 2.43. The van der Waals surface area contributed by atoms with E-state index in [4.69, 9.17) is 9.72 Å². The first-order valence-corrected chi connectivity index (χ1v) is 11.4. The molecular formula is C24H32N8O. The molecule has 1 saturated heterocycles. The number of likely N-dealkylation sites (N-methyl/N-ethyl adjacent to an activating group) is 1. The molecule has 2 aliphatic rings. The van der Waals surface area contributed by atoms with Gasteiger partial charge in [0.1, 0.15) is 5.82 Å². The molecule has 3 aromatic rings. The molecule has 4 heterocycles. The van der Waals surface area contributed by atoms with Gasteiger partial charge < -0.3 is 24.8 Å². The Morgan fingerprint density at radius 1 is 1.06 bits per heavy atom. The molecule has 174 valence electrons. The van der Waals surface area contributed by atoms with Gasteiger partial charge in [0.2, 0.25) is 5.95 Å². The Hall–Kier alpha value is -3.17. The first-order chi connectivity index (χ1) is 15.9. The number of ether oxygens (including phenoxy) is 1. The average Bonchev–Trinajstić information content (AvgIpc) is 3.36. The van der Waals surface area contributed by atoms with Crippen molar-refractivity contribution in [3.8, 4) is 0 Å². The van der Waals surface area contributed by atoms with E-state index in [2.05, 4.69) is 68.3 Å². The summed E-state index contributed by atoms with van der Waals surface area (Å²) in [5, 5.41) is 7.98. The van der Waals surface area contributed by atoms with E-state index in [0.717, 1.165) is 55.6 Å². The maximum atomic E-state index is 5.54. The fourth-order valence-electron chi connectivity index (χ4n) is 4.70. The molecule has 1 N–H and O–H groups in total. The van der Waals surface area contributed by atoms with Gasteiger partial charge in [0.25, 0.3) is 0 Å². The normalized spacial score (nSPS) is 20.8. The van der Waals surface area contributed by atoms with Crippen molar-refractivity contribution >= 4 is 29.0 Å². The summed E-state index contributed by atoms with van der Waals surface area (Å²) in [6, 6.07) is 10.5. The highest BCUT2D eigenvalue weighted by Gasteiger charge is 2.42. The Kier molecular flexibility index (Phi) is 5.67. The van der Waals surface area contributed by atoms with Crippen LogP contribution in [0.25, 0.3) is 0 Å². The number of aryl methyl sites for hydroxylation is 1. The Balaban J connectivity index is 1.38. The second kappa shape index (κ2) is 8.64. The van der Waals surface area contributed by atoms with Crippen LogP contribution in [0.1, 0.15) is 12.5 Å². The van der Waals surface area contributed by atoms with Crippen molar-refractivity contribution < 1.29 is 4.74 Å². The summed E-state index contributed by atoms with van der Waals surface area (Å²) in [5.74, 6) is 2.32. The molecule has 1 atom stereocenters. The summed E-state index contributed by atoms with van der Waals surface area (Å²) >= 11 is 0. The van der Waals surface area contributed by atoms with Crippen LogP contribution in [0.2, 0.25) is 0 Å². The number of nitrogens with one attached hydrogen (secondary N) is 1. The lowest BCUT2D eigenvalue weighted by Gasteiger charge is -2.34. The van der Waals surface area contributed by atoms with Crippen molar-refractivity contribution in [1.82, 2.24) is 24.6 Å². The van der Waals surface area contributed by atoms with Crippen LogP contribution in [-0.4, -0.2) is 78.1 Å². The number of fused-ring (bicyclic) bond motifs is 1. The van der Waals surface area contributed by atoms with Gasteiger partial charge >= 0.3 is 0 Å². The van der Waals surface area contributed by atoms with E-state index in [-0.39, 0.29) is 5.41 Å². The van der Waals surface area contributed by atoms with Crippen molar-refractivity contribution in [3.63, 3.8) is 0 Å². The molecule has 0 aliphatic carbocycles. The third-order valence-corrected chi connectivity index (χ3v) is 6.61. The van der Waals surface area contributed by atoms with Gasteiger partial charge in [0.15, 0.2) is 5.82 Å². The second-order valence-electron chi connectivity index (χ2n) is 9.32. The number of benzene rings is 1. The van der Waals surface area contributed by atoms with Gasteiger partial charge in [-0.25, -0.2) is 4.98 Å². The molecule has 1 fully saturated rings. The second-order valence-corrected chi connectivity index (χ2v) is 9.32. The third-order valence-electron chi connectivity index (χ3n) is 6.61. The van der Waals surface area contributed by atoms with E-state index in [1.54, 1.807) is 7.11 Å². The van der Waals surface area contributed by atoms with E-state index in [9.17, 15) is 0 Å². The van der Waals surface area contributed by atoms with E-state index in [1.807, 2.05) is 30.2 Å². The minimum atomic E-state index is -0.204. The molecule has 0 bridgehead atoms. The quantitative estimate of drug-likeness (QED) is 0.617. The predicted molar refractivity (Wildman–Crippen MR) is 131 cm³/mol. The number of anilines is 5. The number of methoxy groups -OCH3 is 1. The van der Waals surface area contributed by atoms with Crippen LogP contribution in [0.5, 0.6) is 0 Å². The molecule has 9 heteroatoms. The standard InChI is InChI=1S/C24H32N8O/c1-24(17-33-4)16-32(21-9-10-30(3)28-21)22-20(24)15-25-23(27-22)26-18-5-7-19(8-6-18)31-13-11-29(2)12-14-31/h5-10,15H,11-14,16-17H2,1-4H3,(H,25,26,27). The Labute approximate surface area is 195 Å². The van der Waals surface area contributed by atoms with E-state index in [0.29, 0.717) is 12.6 Å². The van der Waals surface area contributed by atoms with Crippen molar-refractivity contribution in [2.45, 2.75) is 12.3 Å². The Bertz CT molecular complexity index is 1110. The highest BCUT2D eigenvalue weighted by atomic mass is 16.5. The van der Waals surface area contributed by atoms with Gasteiger partial charge in [-0.15, -0.1) is 0 Å². The van der Waals surface area contributed by atoms with Gasteiger partial charge in [0.05, 0.1) is 6.61 Å². The summed E-state index contributed by atoms with van der Waals surface area (Å²) in [6.45, 7) is 7.82. The molecule has 1 aromatic carbocycles. The molecule has 1 unspecified atom stereocenters. The molecule has 0 amide bonds. The molecule has 2 aliphatic heterocycles. The summed E-state index contributed by atoms with van der Waals surface area (Å²) in [7, 11) is 5.83. The lowest BCUT2D eigenvalue weighted by Crippen LogP contribution is -2.44. The van der Waals surface area contributed by atoms with Crippen molar-refractivity contribution in [2.75, 3.05) is 68.6 Å². The minimum Gasteiger partial charge on any atom is -0.384 e. The Morgan fingerprint density at radius 3 is 2.48 bits per heavy atom. The lowest BCUT2D eigenvalue weighted by molar-refractivity contribution is 0.145. The first-order valence-electron chi connectivity index (χ1n) is 11.4. The Morgan fingerprint density at radius 2 is 1.82 bits per heavy atom. The molecule has 0 spiro atoms. The van der Waals surface area contributed by atoms with Gasteiger partial charge in [0, 0.05) is 87.7 Å². The van der Waals surface area contributed by atoms with Crippen molar-refractivity contribution in [3.05, 3.63) is 48.3 Å². The maximum absolute atomic E-state index is 5.54. The molecule has 0 radical (unpaired) electrons. The van der Waals surface area contributed by atoms with E-state index >= 15 is 0 Å². The number of rotatable bonds is 6. The highest BCUT2D eigenvalue weighted by molar-refractivity contribution is 5.69. The van der Waals surface area contributed by atoms with Gasteiger partial charge in [-0.3, -0.25) is 4.68 Å². The molecular weight excluding hydrogens is 416 g/mol. The van der Waals surface area contributed by atoms with Gasteiger partial charge in [-0.2, -0.15) is 10.1 Å². The molecule has 2 aromatic heterocycles. The molecule has 9 nitrogen and oxygen atoms in total. The summed E-state index contributed by atoms with van der Waals surface area (Å²) in [5.41, 5.74) is 3.09. The van der Waals surface area contributed by atoms with Crippen LogP contribution in [0.15, 0.2) is 42.7 Å². The zero-order chi connectivity index (χ0) is 23.0. The van der Waals surface area contributed by atoms with Gasteiger partial charge in [-0.1, -0.05) is 6.92 Å². The minimum absolute atomic E-state index is 0.204. The van der Waals surface area contributed by atoms with E-state index in [1.165, 1.54) is 5.69 Å². The number of piperazine rings is 1. The van der Waals surface area contributed by atoms with Crippen LogP contribution in [-0.2, 0) is 17.2 Å². The SMILES string of the molecule is COCC1(C)CN(c2ccn(C)n2)c2nc(Nc3ccc(N4CCN(C)CC4)cc3)ncc21. The zero-order valence-electron chi connectivity index (χ0n) is 19.8. The smallest absolute Gasteiger partial charge is 0.229 e. The number of aromatic nitrogens is 4. The maximum Gasteiger partial charge on any atom is 0.229 e. The summed E-state index contributed by atoms with van der Waals surface area (Å²) < 4.78 is 7.35. The predicted octanol–water partition coefficient (Wildman–Crippen LogP) is 2.76. The molecule has 0 saturated carbocycles. The zero-order valence-corrected chi connectivity index (χ0v) is 19.8. The third kappa shape index (κ3) is 4.26. The summed E-state index contributed by atoms with van der Waals surface area (Å²) in [4.78, 5) is 16.5. The van der Waals surface area contributed by atoms with Crippen LogP contribution < -0.4 is 15.1 Å². The molecule has 33 heavy (non-hydrogen) atoms. The van der Waals surface area contributed by atoms with Crippen LogP contribution in [0.4, 0.5) is 29.0 Å². The fraction of sp³-hybridized carbons (Fsp3) is 0.458. The number of hydrogen-bond donors (Lipinski definition) is 1. The topological polar surface area (TPSA) is 74.6 Å². The van der Waals surface area contributed by atoms with Crippen LogP contribution in [0.3, 0.4) is 0 Å². The monoisotopic (exact) mass is 448 g/mol. The fourth-order valence-corrected chi connectivity index (χ4v) is 4.70. The van der Waals surface area contributed by atoms with Crippen LogP contribution >= 0.6 is 0 Å². The molecule has 5 rings (SSSR count). The average molecular weight is 449 g/mol. The van der Waals surface area contributed by atoms with Crippen molar-refractivity contribution in [2.24, 2.45) is 7.05 Å². The largest absolute Gasteiger partial charge is 0.384 e.